The Morgan fingerprint density at radius 3 is 2.21 bits per heavy atom. The second-order valence-electron chi connectivity index (χ2n) is 5.58. The molecule has 6 nitrogen and oxygen atoms in total. The number of piperidine rings is 1. The summed E-state index contributed by atoms with van der Waals surface area (Å²) in [5.74, 6) is -0.883. The van der Waals surface area contributed by atoms with Gasteiger partial charge in [-0.3, -0.25) is 4.79 Å². The first-order valence-electron chi connectivity index (χ1n) is 6.94. The molecule has 0 unspecified atom stereocenters. The number of hydrogen-bond donors (Lipinski definition) is 2. The minimum absolute atomic E-state index is 0.0150. The smallest absolute Gasteiger partial charge is 0.310 e. The van der Waals surface area contributed by atoms with Gasteiger partial charge in [-0.25, -0.2) is 4.72 Å². The lowest BCUT2D eigenvalue weighted by molar-refractivity contribution is -0.148. The predicted octanol–water partition coefficient (Wildman–Crippen LogP) is 0.952. The van der Waals surface area contributed by atoms with Crippen LogP contribution in [0.5, 0.6) is 0 Å². The molecule has 1 heterocycles. The van der Waals surface area contributed by atoms with Crippen LogP contribution in [0, 0.1) is 5.41 Å². The van der Waals surface area contributed by atoms with E-state index in [0.29, 0.717) is 25.9 Å². The van der Waals surface area contributed by atoms with Crippen molar-refractivity contribution < 1.29 is 18.3 Å². The molecule has 0 aromatic heterocycles. The van der Waals surface area contributed by atoms with Crippen molar-refractivity contribution in [1.82, 2.24) is 9.03 Å². The third-order valence-corrected chi connectivity index (χ3v) is 5.82. The van der Waals surface area contributed by atoms with Crippen LogP contribution in [0.2, 0.25) is 0 Å². The van der Waals surface area contributed by atoms with E-state index in [4.69, 9.17) is 0 Å². The molecule has 1 saturated heterocycles. The van der Waals surface area contributed by atoms with E-state index in [-0.39, 0.29) is 6.54 Å². The van der Waals surface area contributed by atoms with Gasteiger partial charge in [0.05, 0.1) is 5.41 Å². The lowest BCUT2D eigenvalue weighted by Gasteiger charge is -2.29. The Morgan fingerprint density at radius 2 is 1.68 bits per heavy atom. The maximum atomic E-state index is 12.1. The standard InChI is InChI=1S/C12H22N2O4S/c15-11(16)12(6-2-3-7-12)10-13-19(17,18)14-8-4-1-5-9-14/h13H,1-10H2,(H,15,16). The van der Waals surface area contributed by atoms with Crippen LogP contribution in [0.25, 0.3) is 0 Å². The number of hydrogen-bond acceptors (Lipinski definition) is 3. The van der Waals surface area contributed by atoms with Crippen LogP contribution in [0.1, 0.15) is 44.9 Å². The van der Waals surface area contributed by atoms with Gasteiger partial charge in [0, 0.05) is 19.6 Å². The summed E-state index contributed by atoms with van der Waals surface area (Å²) in [5, 5.41) is 9.32. The van der Waals surface area contributed by atoms with Crippen molar-refractivity contribution in [3.8, 4) is 0 Å². The van der Waals surface area contributed by atoms with Crippen molar-refractivity contribution >= 4 is 16.2 Å². The summed E-state index contributed by atoms with van der Waals surface area (Å²) in [6.07, 6.45) is 5.66. The Labute approximate surface area is 114 Å². The van der Waals surface area contributed by atoms with Crippen molar-refractivity contribution in [3.05, 3.63) is 0 Å². The van der Waals surface area contributed by atoms with Crippen molar-refractivity contribution in [1.29, 1.82) is 0 Å². The molecule has 2 aliphatic rings. The van der Waals surface area contributed by atoms with Crippen molar-refractivity contribution in [3.63, 3.8) is 0 Å². The molecule has 1 aliphatic heterocycles. The summed E-state index contributed by atoms with van der Waals surface area (Å²) < 4.78 is 28.2. The Morgan fingerprint density at radius 1 is 1.11 bits per heavy atom. The molecular formula is C12H22N2O4S. The van der Waals surface area contributed by atoms with Gasteiger partial charge in [-0.2, -0.15) is 12.7 Å². The van der Waals surface area contributed by atoms with Crippen LogP contribution in [-0.2, 0) is 15.0 Å². The zero-order valence-electron chi connectivity index (χ0n) is 11.1. The van der Waals surface area contributed by atoms with Crippen molar-refractivity contribution in [2.75, 3.05) is 19.6 Å². The molecule has 0 aromatic carbocycles. The highest BCUT2D eigenvalue weighted by atomic mass is 32.2. The van der Waals surface area contributed by atoms with Gasteiger partial charge in [0.25, 0.3) is 10.2 Å². The number of nitrogens with one attached hydrogen (secondary N) is 1. The molecule has 2 N–H and O–H groups in total. The molecule has 1 aliphatic carbocycles. The third kappa shape index (κ3) is 3.27. The highest BCUT2D eigenvalue weighted by Gasteiger charge is 2.42. The monoisotopic (exact) mass is 290 g/mol. The van der Waals surface area contributed by atoms with Gasteiger partial charge in [-0.15, -0.1) is 0 Å². The molecule has 110 valence electrons. The van der Waals surface area contributed by atoms with Gasteiger partial charge < -0.3 is 5.11 Å². The number of rotatable bonds is 5. The average molecular weight is 290 g/mol. The van der Waals surface area contributed by atoms with Crippen molar-refractivity contribution in [2.24, 2.45) is 5.41 Å². The SMILES string of the molecule is O=C(O)C1(CNS(=O)(=O)N2CCCCC2)CCCC1. The average Bonchev–Trinajstić information content (AvgIpc) is 2.88. The topological polar surface area (TPSA) is 86.7 Å². The number of aliphatic carboxylic acids is 1. The van der Waals surface area contributed by atoms with E-state index >= 15 is 0 Å². The molecule has 7 heteroatoms. The minimum atomic E-state index is -3.52. The quantitative estimate of drug-likeness (QED) is 0.789. The predicted molar refractivity (Wildman–Crippen MR) is 70.9 cm³/mol. The number of carboxylic acids is 1. The minimum Gasteiger partial charge on any atom is -0.481 e. The van der Waals surface area contributed by atoms with Crippen LogP contribution < -0.4 is 4.72 Å². The third-order valence-electron chi connectivity index (χ3n) is 4.26. The number of carbonyl (C=O) groups is 1. The second kappa shape index (κ2) is 5.76. The van der Waals surface area contributed by atoms with E-state index in [2.05, 4.69) is 4.72 Å². The van der Waals surface area contributed by atoms with Crippen LogP contribution in [0.3, 0.4) is 0 Å². The molecule has 19 heavy (non-hydrogen) atoms. The first kappa shape index (κ1) is 14.7. The zero-order chi connectivity index (χ0) is 13.9. The molecule has 0 bridgehead atoms. The van der Waals surface area contributed by atoms with Crippen LogP contribution in [0.15, 0.2) is 0 Å². The van der Waals surface area contributed by atoms with E-state index in [0.717, 1.165) is 32.1 Å². The molecule has 0 spiro atoms. The normalized spacial score (nSPS) is 24.4. The number of nitrogens with zero attached hydrogens (tertiary/aromatic N) is 1. The Kier molecular flexibility index (Phi) is 4.47. The first-order chi connectivity index (χ1) is 8.96. The fraction of sp³-hybridized carbons (Fsp3) is 0.917. The summed E-state index contributed by atoms with van der Waals surface area (Å²) in [7, 11) is -3.52. The maximum Gasteiger partial charge on any atom is 0.310 e. The lowest BCUT2D eigenvalue weighted by Crippen LogP contribution is -2.48. The molecule has 0 amide bonds. The zero-order valence-corrected chi connectivity index (χ0v) is 11.9. The molecule has 1 saturated carbocycles. The fourth-order valence-corrected chi connectivity index (χ4v) is 4.32. The van der Waals surface area contributed by atoms with Crippen molar-refractivity contribution in [2.45, 2.75) is 44.9 Å². The second-order valence-corrected chi connectivity index (χ2v) is 7.33. The Bertz CT molecular complexity index is 423. The van der Waals surface area contributed by atoms with Crippen LogP contribution in [-0.4, -0.2) is 43.4 Å². The van der Waals surface area contributed by atoms with Gasteiger partial charge in [0.2, 0.25) is 0 Å². The highest BCUT2D eigenvalue weighted by molar-refractivity contribution is 7.87. The Balaban J connectivity index is 1.98. The van der Waals surface area contributed by atoms with E-state index in [1.807, 2.05) is 0 Å². The van der Waals surface area contributed by atoms with Gasteiger partial charge >= 0.3 is 5.97 Å². The molecule has 0 radical (unpaired) electrons. The molecule has 0 aromatic rings. The lowest BCUT2D eigenvalue weighted by atomic mass is 9.87. The van der Waals surface area contributed by atoms with Gasteiger partial charge in [0.1, 0.15) is 0 Å². The summed E-state index contributed by atoms with van der Waals surface area (Å²) in [5.41, 5.74) is -0.900. The van der Waals surface area contributed by atoms with E-state index < -0.39 is 21.6 Å². The van der Waals surface area contributed by atoms with Gasteiger partial charge in [-0.05, 0) is 25.7 Å². The summed E-state index contributed by atoms with van der Waals surface area (Å²) in [4.78, 5) is 11.4. The number of carboxylic acid groups (broad SMARTS) is 1. The summed E-state index contributed by atoms with van der Waals surface area (Å²) >= 11 is 0. The first-order valence-corrected chi connectivity index (χ1v) is 8.38. The van der Waals surface area contributed by atoms with E-state index in [1.54, 1.807) is 0 Å². The molecule has 2 rings (SSSR count). The maximum absolute atomic E-state index is 12.1. The molecule has 0 atom stereocenters. The largest absolute Gasteiger partial charge is 0.481 e. The van der Waals surface area contributed by atoms with Gasteiger partial charge in [0.15, 0.2) is 0 Å². The highest BCUT2D eigenvalue weighted by Crippen LogP contribution is 2.38. The summed E-state index contributed by atoms with van der Waals surface area (Å²) in [6, 6.07) is 0. The Hall–Kier alpha value is -0.660. The van der Waals surface area contributed by atoms with Gasteiger partial charge in [-0.1, -0.05) is 19.3 Å². The van der Waals surface area contributed by atoms with Crippen LogP contribution in [0.4, 0.5) is 0 Å². The molecular weight excluding hydrogens is 268 g/mol. The summed E-state index contributed by atoms with van der Waals surface area (Å²) in [6.45, 7) is 1.09. The van der Waals surface area contributed by atoms with E-state index in [9.17, 15) is 18.3 Å². The fourth-order valence-electron chi connectivity index (χ4n) is 2.94. The van der Waals surface area contributed by atoms with E-state index in [1.165, 1.54) is 4.31 Å². The van der Waals surface area contributed by atoms with Crippen LogP contribution >= 0.6 is 0 Å². The molecule has 2 fully saturated rings.